The normalized spacial score (nSPS) is 12.2. The van der Waals surface area contributed by atoms with Crippen molar-refractivity contribution >= 4 is 35.0 Å². The molecule has 0 bridgehead atoms. The van der Waals surface area contributed by atoms with Crippen LogP contribution in [0.4, 0.5) is 5.69 Å². The number of rotatable bonds is 6. The zero-order valence-corrected chi connectivity index (χ0v) is 12.1. The van der Waals surface area contributed by atoms with E-state index < -0.39 is 0 Å². The predicted octanol–water partition coefficient (Wildman–Crippen LogP) is 3.09. The lowest BCUT2D eigenvalue weighted by Gasteiger charge is -2.10. The summed E-state index contributed by atoms with van der Waals surface area (Å²) in [7, 11) is 0. The molecule has 3 nitrogen and oxygen atoms in total. The molecule has 0 radical (unpaired) electrons. The largest absolute Gasteiger partial charge is 0.396 e. The van der Waals surface area contributed by atoms with Gasteiger partial charge < -0.3 is 10.4 Å². The fourth-order valence-electron chi connectivity index (χ4n) is 1.39. The van der Waals surface area contributed by atoms with Crippen molar-refractivity contribution in [3.05, 3.63) is 28.8 Å². The lowest BCUT2D eigenvalue weighted by molar-refractivity contribution is -0.113. The number of carbonyl (C=O) groups excluding carboxylic acids is 1. The van der Waals surface area contributed by atoms with E-state index in [0.29, 0.717) is 22.9 Å². The molecule has 1 aromatic rings. The number of thioether (sulfide) groups is 1. The average Bonchev–Trinajstić information content (AvgIpc) is 2.31. The number of nitrogens with one attached hydrogen (secondary N) is 1. The summed E-state index contributed by atoms with van der Waals surface area (Å²) < 4.78 is 0. The van der Waals surface area contributed by atoms with Crippen molar-refractivity contribution in [3.63, 3.8) is 0 Å². The molecule has 0 fully saturated rings. The Hall–Kier alpha value is -0.710. The average molecular weight is 288 g/mol. The molecule has 100 valence electrons. The minimum absolute atomic E-state index is 0.0736. The van der Waals surface area contributed by atoms with E-state index >= 15 is 0 Å². The number of aliphatic hydroxyl groups excluding tert-OH is 1. The third-order valence-electron chi connectivity index (χ3n) is 2.43. The predicted molar refractivity (Wildman–Crippen MR) is 78.4 cm³/mol. The first-order chi connectivity index (χ1) is 8.52. The maximum Gasteiger partial charge on any atom is 0.234 e. The van der Waals surface area contributed by atoms with Crippen LogP contribution in [0.25, 0.3) is 0 Å². The van der Waals surface area contributed by atoms with Crippen molar-refractivity contribution in [1.82, 2.24) is 0 Å². The zero-order chi connectivity index (χ0) is 13.5. The van der Waals surface area contributed by atoms with Crippen LogP contribution in [0.1, 0.15) is 18.9 Å². The summed E-state index contributed by atoms with van der Waals surface area (Å²) in [6.45, 7) is 4.09. The summed E-state index contributed by atoms with van der Waals surface area (Å²) in [5.74, 6) is 0.293. The molecule has 0 aromatic heterocycles. The monoisotopic (exact) mass is 287 g/mol. The summed E-state index contributed by atoms with van der Waals surface area (Å²) in [5, 5.41) is 12.4. The Labute approximate surface area is 117 Å². The van der Waals surface area contributed by atoms with E-state index in [1.54, 1.807) is 6.07 Å². The fraction of sp³-hybridized carbons (Fsp3) is 0.462. The van der Waals surface area contributed by atoms with Gasteiger partial charge in [-0.3, -0.25) is 4.79 Å². The van der Waals surface area contributed by atoms with Gasteiger partial charge >= 0.3 is 0 Å². The van der Waals surface area contributed by atoms with Gasteiger partial charge in [-0.2, -0.15) is 0 Å². The van der Waals surface area contributed by atoms with E-state index in [-0.39, 0.29) is 17.8 Å². The van der Waals surface area contributed by atoms with Gasteiger partial charge in [0.05, 0.1) is 16.5 Å². The summed E-state index contributed by atoms with van der Waals surface area (Å²) >= 11 is 7.55. The highest BCUT2D eigenvalue weighted by Crippen LogP contribution is 2.23. The summed E-state index contributed by atoms with van der Waals surface area (Å²) in [6.07, 6.45) is 0.698. The second-order valence-corrected chi connectivity index (χ2v) is 6.00. The molecule has 1 amide bonds. The van der Waals surface area contributed by atoms with Gasteiger partial charge in [0.1, 0.15) is 0 Å². The number of aryl methyl sites for hydroxylation is 1. The first kappa shape index (κ1) is 15.3. The molecule has 1 unspecified atom stereocenters. The Morgan fingerprint density at radius 3 is 2.89 bits per heavy atom. The molecule has 0 spiro atoms. The topological polar surface area (TPSA) is 49.3 Å². The van der Waals surface area contributed by atoms with Crippen molar-refractivity contribution < 1.29 is 9.90 Å². The van der Waals surface area contributed by atoms with E-state index in [1.807, 2.05) is 26.0 Å². The molecule has 0 saturated carbocycles. The lowest BCUT2D eigenvalue weighted by Crippen LogP contribution is -2.16. The number of hydrogen-bond donors (Lipinski definition) is 2. The van der Waals surface area contributed by atoms with Gasteiger partial charge in [0.15, 0.2) is 0 Å². The van der Waals surface area contributed by atoms with E-state index in [4.69, 9.17) is 16.7 Å². The van der Waals surface area contributed by atoms with E-state index in [1.165, 1.54) is 11.8 Å². The smallest absolute Gasteiger partial charge is 0.234 e. The van der Waals surface area contributed by atoms with Crippen LogP contribution in [0, 0.1) is 6.92 Å². The molecule has 1 rings (SSSR count). The van der Waals surface area contributed by atoms with Gasteiger partial charge in [-0.15, -0.1) is 11.8 Å². The first-order valence-corrected chi connectivity index (χ1v) is 7.24. The van der Waals surface area contributed by atoms with Gasteiger partial charge in [0, 0.05) is 11.9 Å². The molecular weight excluding hydrogens is 270 g/mol. The standard InChI is InChI=1S/C13H18ClNO2S/c1-9-3-4-12(11(14)7-9)15-13(17)8-18-10(2)5-6-16/h3-4,7,10,16H,5-6,8H2,1-2H3,(H,15,17). The number of anilines is 1. The minimum Gasteiger partial charge on any atom is -0.396 e. The Balaban J connectivity index is 2.44. The van der Waals surface area contributed by atoms with Gasteiger partial charge in [-0.05, 0) is 31.0 Å². The fourth-order valence-corrected chi connectivity index (χ4v) is 2.45. The third-order valence-corrected chi connectivity index (χ3v) is 3.98. The van der Waals surface area contributed by atoms with Crippen molar-refractivity contribution in [3.8, 4) is 0 Å². The van der Waals surface area contributed by atoms with Crippen molar-refractivity contribution in [2.45, 2.75) is 25.5 Å². The van der Waals surface area contributed by atoms with Crippen molar-refractivity contribution in [2.75, 3.05) is 17.7 Å². The maximum absolute atomic E-state index is 11.7. The quantitative estimate of drug-likeness (QED) is 0.845. The minimum atomic E-state index is -0.0736. The molecule has 0 saturated heterocycles. The van der Waals surface area contributed by atoms with Gasteiger partial charge in [0.25, 0.3) is 0 Å². The van der Waals surface area contributed by atoms with E-state index in [9.17, 15) is 4.79 Å². The van der Waals surface area contributed by atoms with Crippen LogP contribution in [0.2, 0.25) is 5.02 Å². The van der Waals surface area contributed by atoms with Crippen LogP contribution in [-0.4, -0.2) is 28.6 Å². The van der Waals surface area contributed by atoms with Crippen molar-refractivity contribution in [1.29, 1.82) is 0 Å². The first-order valence-electron chi connectivity index (χ1n) is 5.81. The van der Waals surface area contributed by atoms with Gasteiger partial charge in [-0.25, -0.2) is 0 Å². The Morgan fingerprint density at radius 1 is 1.56 bits per heavy atom. The highest BCUT2D eigenvalue weighted by molar-refractivity contribution is 8.00. The van der Waals surface area contributed by atoms with Crippen LogP contribution in [0.15, 0.2) is 18.2 Å². The summed E-state index contributed by atoms with van der Waals surface area (Å²) in [6, 6.07) is 5.53. The van der Waals surface area contributed by atoms with Crippen LogP contribution in [0.5, 0.6) is 0 Å². The van der Waals surface area contributed by atoms with Crippen LogP contribution < -0.4 is 5.32 Å². The number of benzene rings is 1. The second-order valence-electron chi connectivity index (χ2n) is 4.17. The SMILES string of the molecule is Cc1ccc(NC(=O)CSC(C)CCO)c(Cl)c1. The molecule has 1 atom stereocenters. The Kier molecular flexibility index (Phi) is 6.54. The second kappa shape index (κ2) is 7.67. The molecule has 1 aromatic carbocycles. The van der Waals surface area contributed by atoms with Crippen LogP contribution in [-0.2, 0) is 4.79 Å². The van der Waals surface area contributed by atoms with Gasteiger partial charge in [-0.1, -0.05) is 24.6 Å². The lowest BCUT2D eigenvalue weighted by atomic mass is 10.2. The van der Waals surface area contributed by atoms with Crippen molar-refractivity contribution in [2.24, 2.45) is 0 Å². The van der Waals surface area contributed by atoms with Crippen LogP contribution in [0.3, 0.4) is 0 Å². The van der Waals surface area contributed by atoms with E-state index in [2.05, 4.69) is 5.32 Å². The Morgan fingerprint density at radius 2 is 2.28 bits per heavy atom. The molecule has 18 heavy (non-hydrogen) atoms. The highest BCUT2D eigenvalue weighted by atomic mass is 35.5. The number of carbonyl (C=O) groups is 1. The number of amides is 1. The molecule has 5 heteroatoms. The molecule has 0 aliphatic carbocycles. The summed E-state index contributed by atoms with van der Waals surface area (Å²) in [5.41, 5.74) is 1.70. The third kappa shape index (κ3) is 5.29. The van der Waals surface area contributed by atoms with E-state index in [0.717, 1.165) is 5.56 Å². The molecule has 0 aliphatic rings. The highest BCUT2D eigenvalue weighted by Gasteiger charge is 2.09. The van der Waals surface area contributed by atoms with Crippen LogP contribution >= 0.6 is 23.4 Å². The number of halogens is 1. The number of aliphatic hydroxyl groups is 1. The number of hydrogen-bond acceptors (Lipinski definition) is 3. The molecule has 0 heterocycles. The molecular formula is C13H18ClNO2S. The zero-order valence-electron chi connectivity index (χ0n) is 10.6. The maximum atomic E-state index is 11.7. The Bertz CT molecular complexity index is 412. The summed E-state index contributed by atoms with van der Waals surface area (Å²) in [4.78, 5) is 11.7. The molecule has 2 N–H and O–H groups in total. The molecule has 0 aliphatic heterocycles. The van der Waals surface area contributed by atoms with Gasteiger partial charge in [0.2, 0.25) is 5.91 Å².